The highest BCUT2D eigenvalue weighted by Crippen LogP contribution is 2.26. The minimum atomic E-state index is -0.402. The van der Waals surface area contributed by atoms with Gasteiger partial charge in [-0.25, -0.2) is 4.79 Å². The Hall–Kier alpha value is -0.150. The van der Waals surface area contributed by atoms with Crippen LogP contribution < -0.4 is 0 Å². The van der Waals surface area contributed by atoms with E-state index in [1.54, 1.807) is 0 Å². The molecule has 1 heterocycles. The van der Waals surface area contributed by atoms with Crippen molar-refractivity contribution in [1.29, 1.82) is 0 Å². The van der Waals surface area contributed by atoms with E-state index in [-0.39, 0.29) is 5.03 Å². The molecule has 50 valence electrons. The third kappa shape index (κ3) is 1.22. The van der Waals surface area contributed by atoms with Crippen molar-refractivity contribution in [1.82, 2.24) is 0 Å². The largest absolute Gasteiger partial charge is 0.456 e. The molecular weight excluding hydrogens is 160 g/mol. The summed E-state index contributed by atoms with van der Waals surface area (Å²) >= 11 is 6.96. The first kappa shape index (κ1) is 6.96. The Morgan fingerprint density at radius 1 is 1.78 bits per heavy atom. The molecule has 0 bridgehead atoms. The van der Waals surface area contributed by atoms with Crippen molar-refractivity contribution >= 4 is 29.3 Å². The maximum Gasteiger partial charge on any atom is 0.351 e. The monoisotopic (exact) mass is 164 g/mol. The Labute approximate surface area is 62.2 Å². The molecule has 0 amide bonds. The van der Waals surface area contributed by atoms with Crippen LogP contribution in [0.5, 0.6) is 0 Å². The summed E-state index contributed by atoms with van der Waals surface area (Å²) in [5.41, 5.74) is 0. The number of ether oxygens (including phenoxy) is 1. The number of rotatable bonds is 1. The lowest BCUT2D eigenvalue weighted by molar-refractivity contribution is -0.135. The van der Waals surface area contributed by atoms with E-state index in [0.29, 0.717) is 6.61 Å². The van der Waals surface area contributed by atoms with Crippen LogP contribution in [-0.2, 0) is 9.53 Å². The molecule has 1 rings (SSSR count). The van der Waals surface area contributed by atoms with Crippen molar-refractivity contribution in [2.45, 2.75) is 0 Å². The second kappa shape index (κ2) is 2.62. The number of hydrogen-bond donors (Lipinski definition) is 0. The summed E-state index contributed by atoms with van der Waals surface area (Å²) < 4.78 is 4.60. The van der Waals surface area contributed by atoms with Gasteiger partial charge in [-0.05, 0) is 6.26 Å². The van der Waals surface area contributed by atoms with Gasteiger partial charge in [0.2, 0.25) is 0 Å². The molecule has 0 saturated heterocycles. The van der Waals surface area contributed by atoms with Crippen LogP contribution in [-0.4, -0.2) is 18.8 Å². The zero-order valence-corrected chi connectivity index (χ0v) is 6.38. The molecule has 9 heavy (non-hydrogen) atoms. The fraction of sp³-hybridized carbons (Fsp3) is 0.400. The second-order valence-corrected chi connectivity index (χ2v) is 2.80. The van der Waals surface area contributed by atoms with Gasteiger partial charge in [-0.3, -0.25) is 0 Å². The van der Waals surface area contributed by atoms with E-state index in [0.717, 1.165) is 4.91 Å². The molecule has 0 N–H and O–H groups in total. The molecule has 2 nitrogen and oxygen atoms in total. The molecule has 0 aromatic carbocycles. The van der Waals surface area contributed by atoms with E-state index < -0.39 is 5.97 Å². The SMILES string of the molecule is CSC1=C(Cl)C(=O)OC1. The fourth-order valence-corrected chi connectivity index (χ4v) is 1.30. The quantitative estimate of drug-likeness (QED) is 0.548. The summed E-state index contributed by atoms with van der Waals surface area (Å²) in [5.74, 6) is -0.402. The zero-order chi connectivity index (χ0) is 6.85. The number of cyclic esters (lactones) is 1. The van der Waals surface area contributed by atoms with Gasteiger partial charge in [0.15, 0.2) is 0 Å². The van der Waals surface area contributed by atoms with Crippen molar-refractivity contribution in [3.05, 3.63) is 9.94 Å². The van der Waals surface area contributed by atoms with Crippen molar-refractivity contribution < 1.29 is 9.53 Å². The molecule has 0 radical (unpaired) electrons. The Bertz CT molecular complexity index is 176. The van der Waals surface area contributed by atoms with Crippen LogP contribution in [0.25, 0.3) is 0 Å². The minimum Gasteiger partial charge on any atom is -0.456 e. The van der Waals surface area contributed by atoms with E-state index in [1.807, 2.05) is 6.26 Å². The molecule has 0 saturated carbocycles. The lowest BCUT2D eigenvalue weighted by Gasteiger charge is -1.89. The van der Waals surface area contributed by atoms with Crippen LogP contribution in [0.2, 0.25) is 0 Å². The zero-order valence-electron chi connectivity index (χ0n) is 4.81. The summed E-state index contributed by atoms with van der Waals surface area (Å²) in [7, 11) is 0. The van der Waals surface area contributed by atoms with Gasteiger partial charge >= 0.3 is 5.97 Å². The minimum absolute atomic E-state index is 0.238. The summed E-state index contributed by atoms with van der Waals surface area (Å²) in [5, 5.41) is 0.238. The Balaban J connectivity index is 2.79. The Morgan fingerprint density at radius 3 is 2.67 bits per heavy atom. The van der Waals surface area contributed by atoms with Gasteiger partial charge in [-0.15, -0.1) is 11.8 Å². The number of thioether (sulfide) groups is 1. The van der Waals surface area contributed by atoms with E-state index in [4.69, 9.17) is 11.6 Å². The molecule has 1 aliphatic rings. The molecule has 0 fully saturated rings. The average Bonchev–Trinajstić information content (AvgIpc) is 2.15. The first-order valence-electron chi connectivity index (χ1n) is 2.35. The predicted octanol–water partition coefficient (Wildman–Crippen LogP) is 1.36. The second-order valence-electron chi connectivity index (χ2n) is 1.52. The first-order chi connectivity index (χ1) is 4.25. The van der Waals surface area contributed by atoms with Crippen LogP contribution in [0.1, 0.15) is 0 Å². The summed E-state index contributed by atoms with van der Waals surface area (Å²) in [6.45, 7) is 0.346. The van der Waals surface area contributed by atoms with Crippen LogP contribution in [0.15, 0.2) is 9.94 Å². The molecule has 4 heteroatoms. The summed E-state index contributed by atoms with van der Waals surface area (Å²) in [6, 6.07) is 0. The molecular formula is C5H5ClO2S. The van der Waals surface area contributed by atoms with Crippen LogP contribution in [0.3, 0.4) is 0 Å². The summed E-state index contributed by atoms with van der Waals surface area (Å²) in [6.07, 6.45) is 1.86. The standard InChI is InChI=1S/C5H5ClO2S/c1-9-3-2-8-5(7)4(3)6/h2H2,1H3. The highest BCUT2D eigenvalue weighted by atomic mass is 35.5. The van der Waals surface area contributed by atoms with E-state index in [9.17, 15) is 4.79 Å². The number of esters is 1. The topological polar surface area (TPSA) is 26.3 Å². The van der Waals surface area contributed by atoms with Crippen LogP contribution in [0.4, 0.5) is 0 Å². The molecule has 0 aromatic heterocycles. The normalized spacial score (nSPS) is 18.7. The van der Waals surface area contributed by atoms with Gasteiger partial charge in [0.05, 0.1) is 0 Å². The average molecular weight is 165 g/mol. The van der Waals surface area contributed by atoms with Gasteiger partial charge in [-0.1, -0.05) is 11.6 Å². The lowest BCUT2D eigenvalue weighted by atomic mass is 10.6. The van der Waals surface area contributed by atoms with Gasteiger partial charge in [0.1, 0.15) is 11.6 Å². The van der Waals surface area contributed by atoms with Gasteiger partial charge in [-0.2, -0.15) is 0 Å². The number of halogens is 1. The molecule has 1 aliphatic heterocycles. The Kier molecular flexibility index (Phi) is 2.03. The van der Waals surface area contributed by atoms with Gasteiger partial charge < -0.3 is 4.74 Å². The number of carbonyl (C=O) groups is 1. The molecule has 0 atom stereocenters. The maximum absolute atomic E-state index is 10.5. The molecule has 0 spiro atoms. The van der Waals surface area contributed by atoms with Crippen molar-refractivity contribution in [3.63, 3.8) is 0 Å². The van der Waals surface area contributed by atoms with Crippen LogP contribution >= 0.6 is 23.4 Å². The predicted molar refractivity (Wildman–Crippen MR) is 37.4 cm³/mol. The fourth-order valence-electron chi connectivity index (χ4n) is 0.520. The first-order valence-corrected chi connectivity index (χ1v) is 3.95. The highest BCUT2D eigenvalue weighted by Gasteiger charge is 2.21. The van der Waals surface area contributed by atoms with Gasteiger partial charge in [0, 0.05) is 4.91 Å². The third-order valence-corrected chi connectivity index (χ3v) is 2.31. The number of carbonyl (C=O) groups excluding carboxylic acids is 1. The van der Waals surface area contributed by atoms with Crippen molar-refractivity contribution in [2.75, 3.05) is 12.9 Å². The van der Waals surface area contributed by atoms with Crippen molar-refractivity contribution in [3.8, 4) is 0 Å². The van der Waals surface area contributed by atoms with E-state index in [1.165, 1.54) is 11.8 Å². The number of hydrogen-bond acceptors (Lipinski definition) is 3. The molecule has 0 aromatic rings. The maximum atomic E-state index is 10.5. The smallest absolute Gasteiger partial charge is 0.351 e. The van der Waals surface area contributed by atoms with E-state index >= 15 is 0 Å². The third-order valence-electron chi connectivity index (χ3n) is 1.00. The summed E-state index contributed by atoms with van der Waals surface area (Å²) in [4.78, 5) is 11.3. The van der Waals surface area contributed by atoms with Gasteiger partial charge in [0.25, 0.3) is 0 Å². The molecule has 0 aliphatic carbocycles. The Morgan fingerprint density at radius 2 is 2.44 bits per heavy atom. The highest BCUT2D eigenvalue weighted by molar-refractivity contribution is 8.02. The van der Waals surface area contributed by atoms with Crippen molar-refractivity contribution in [2.24, 2.45) is 0 Å². The van der Waals surface area contributed by atoms with Crippen LogP contribution in [0, 0.1) is 0 Å². The van der Waals surface area contributed by atoms with E-state index in [2.05, 4.69) is 4.74 Å². The molecule has 0 unspecified atom stereocenters. The lowest BCUT2D eigenvalue weighted by Crippen LogP contribution is -1.93.